The zero-order valence-electron chi connectivity index (χ0n) is 14.7. The van der Waals surface area contributed by atoms with Crippen molar-refractivity contribution in [2.24, 2.45) is 0 Å². The predicted octanol–water partition coefficient (Wildman–Crippen LogP) is 3.38. The molecule has 0 amide bonds. The molecular formula is C19H20N4O3S. The van der Waals surface area contributed by atoms with Crippen LogP contribution in [0.5, 0.6) is 0 Å². The van der Waals surface area contributed by atoms with Crippen molar-refractivity contribution >= 4 is 33.1 Å². The Labute approximate surface area is 160 Å². The van der Waals surface area contributed by atoms with Crippen molar-refractivity contribution in [3.8, 4) is 0 Å². The Balaban J connectivity index is 1.37. The molecule has 2 aromatic carbocycles. The van der Waals surface area contributed by atoms with E-state index in [9.17, 15) is 15.2 Å². The average Bonchev–Trinajstić information content (AvgIpc) is 3.10. The van der Waals surface area contributed by atoms with Gasteiger partial charge in [-0.1, -0.05) is 30.3 Å². The summed E-state index contributed by atoms with van der Waals surface area (Å²) in [5, 5.41) is 25.6. The number of benzene rings is 2. The molecule has 1 aliphatic rings. The summed E-state index contributed by atoms with van der Waals surface area (Å²) < 4.78 is 4.88. The molecule has 0 saturated carbocycles. The molecule has 140 valence electrons. The molecule has 27 heavy (non-hydrogen) atoms. The number of aliphatic hydroxyl groups excluding tert-OH is 1. The molecule has 1 aromatic heterocycles. The van der Waals surface area contributed by atoms with E-state index in [4.69, 9.17) is 0 Å². The molecule has 0 bridgehead atoms. The number of nitro groups is 1. The molecule has 1 aliphatic heterocycles. The van der Waals surface area contributed by atoms with Gasteiger partial charge in [-0.05, 0) is 35.1 Å². The maximum absolute atomic E-state index is 11.1. The summed E-state index contributed by atoms with van der Waals surface area (Å²) in [4.78, 5) is 12.8. The lowest BCUT2D eigenvalue weighted by atomic mass is 9.99. The first-order chi connectivity index (χ1) is 13.1. The van der Waals surface area contributed by atoms with E-state index in [0.717, 1.165) is 36.4 Å². The van der Waals surface area contributed by atoms with Crippen LogP contribution in [0.1, 0.15) is 17.5 Å². The highest BCUT2D eigenvalue weighted by atomic mass is 32.1. The van der Waals surface area contributed by atoms with Crippen LogP contribution in [0.4, 0.5) is 11.5 Å². The summed E-state index contributed by atoms with van der Waals surface area (Å²) in [6, 6.07) is 13.3. The maximum atomic E-state index is 11.1. The molecule has 0 radical (unpaired) electrons. The second-order valence-electron chi connectivity index (χ2n) is 6.63. The first-order valence-electron chi connectivity index (χ1n) is 8.89. The zero-order valence-corrected chi connectivity index (χ0v) is 15.5. The Kier molecular flexibility index (Phi) is 5.02. The van der Waals surface area contributed by atoms with Crippen LogP contribution >= 0.6 is 11.5 Å². The molecule has 3 aromatic rings. The van der Waals surface area contributed by atoms with Crippen molar-refractivity contribution in [1.82, 2.24) is 9.27 Å². The fourth-order valence-corrected chi connectivity index (χ4v) is 4.34. The highest BCUT2D eigenvalue weighted by Crippen LogP contribution is 2.33. The smallest absolute Gasteiger partial charge is 0.288 e. The largest absolute Gasteiger partial charge is 0.378 e. The number of anilines is 1. The molecule has 8 heteroatoms. The number of nitro benzene ring substituents is 1. The molecule has 0 saturated heterocycles. The fourth-order valence-electron chi connectivity index (χ4n) is 3.49. The third-order valence-corrected chi connectivity index (χ3v) is 5.84. The summed E-state index contributed by atoms with van der Waals surface area (Å²) >= 11 is 1.12. The van der Waals surface area contributed by atoms with Crippen molar-refractivity contribution in [3.05, 3.63) is 63.7 Å². The number of non-ortho nitro benzene ring substituents is 1. The van der Waals surface area contributed by atoms with Crippen LogP contribution < -0.4 is 5.32 Å². The Hall–Kier alpha value is -2.55. The van der Waals surface area contributed by atoms with E-state index in [0.29, 0.717) is 23.5 Å². The molecule has 4 rings (SSSR count). The van der Waals surface area contributed by atoms with Crippen LogP contribution in [0.2, 0.25) is 0 Å². The Morgan fingerprint density at radius 1 is 1.26 bits per heavy atom. The molecule has 1 unspecified atom stereocenters. The van der Waals surface area contributed by atoms with Gasteiger partial charge < -0.3 is 10.4 Å². The van der Waals surface area contributed by atoms with Crippen LogP contribution in [0.3, 0.4) is 0 Å². The van der Waals surface area contributed by atoms with Gasteiger partial charge in [-0.2, -0.15) is 4.37 Å². The lowest BCUT2D eigenvalue weighted by Crippen LogP contribution is -2.40. The monoisotopic (exact) mass is 384 g/mol. The minimum atomic E-state index is -0.537. The molecular weight excluding hydrogens is 364 g/mol. The van der Waals surface area contributed by atoms with Gasteiger partial charge in [0, 0.05) is 37.5 Å². The molecule has 2 N–H and O–H groups in total. The zero-order chi connectivity index (χ0) is 18.8. The third kappa shape index (κ3) is 3.64. The standard InChI is InChI=1S/C19H20N4O3S/c24-17(22-11-9-13-4-1-2-5-14(13)12-22)8-10-20-19-15-6-3-7-16(23(25)26)18(15)27-21-19/h1-7,17,24H,8-12H2,(H,20,21). The predicted molar refractivity (Wildman–Crippen MR) is 106 cm³/mol. The first-order valence-corrected chi connectivity index (χ1v) is 9.66. The van der Waals surface area contributed by atoms with E-state index in [-0.39, 0.29) is 10.6 Å². The van der Waals surface area contributed by atoms with Crippen LogP contribution in [0.15, 0.2) is 42.5 Å². The number of hydrogen-bond donors (Lipinski definition) is 2. The van der Waals surface area contributed by atoms with Gasteiger partial charge in [0.25, 0.3) is 5.69 Å². The topological polar surface area (TPSA) is 91.5 Å². The van der Waals surface area contributed by atoms with Crippen molar-refractivity contribution in [1.29, 1.82) is 0 Å². The van der Waals surface area contributed by atoms with E-state index in [1.54, 1.807) is 6.07 Å². The van der Waals surface area contributed by atoms with E-state index < -0.39 is 6.23 Å². The van der Waals surface area contributed by atoms with Crippen LogP contribution in [0.25, 0.3) is 10.1 Å². The summed E-state index contributed by atoms with van der Waals surface area (Å²) in [6.07, 6.45) is 0.960. The Morgan fingerprint density at radius 2 is 2.07 bits per heavy atom. The van der Waals surface area contributed by atoms with Crippen LogP contribution in [-0.4, -0.2) is 38.6 Å². The van der Waals surface area contributed by atoms with Crippen molar-refractivity contribution < 1.29 is 10.0 Å². The van der Waals surface area contributed by atoms with E-state index in [1.807, 2.05) is 12.1 Å². The number of rotatable bonds is 6. The second kappa shape index (κ2) is 7.59. The third-order valence-electron chi connectivity index (χ3n) is 4.95. The van der Waals surface area contributed by atoms with Gasteiger partial charge >= 0.3 is 0 Å². The van der Waals surface area contributed by atoms with Crippen molar-refractivity contribution in [3.63, 3.8) is 0 Å². The Bertz CT molecular complexity index is 974. The lowest BCUT2D eigenvalue weighted by Gasteiger charge is -2.32. The van der Waals surface area contributed by atoms with Crippen molar-refractivity contribution in [2.75, 3.05) is 18.4 Å². The van der Waals surface area contributed by atoms with Gasteiger partial charge in [0.15, 0.2) is 0 Å². The van der Waals surface area contributed by atoms with E-state index in [2.05, 4.69) is 32.8 Å². The summed E-state index contributed by atoms with van der Waals surface area (Å²) in [7, 11) is 0. The maximum Gasteiger partial charge on any atom is 0.288 e. The average molecular weight is 384 g/mol. The molecule has 0 aliphatic carbocycles. The minimum absolute atomic E-state index is 0.0741. The second-order valence-corrected chi connectivity index (χ2v) is 7.40. The number of hydrogen-bond acceptors (Lipinski definition) is 7. The van der Waals surface area contributed by atoms with Crippen LogP contribution in [-0.2, 0) is 13.0 Å². The highest BCUT2D eigenvalue weighted by Gasteiger charge is 2.22. The number of aliphatic hydroxyl groups is 1. The number of aromatic nitrogens is 1. The SMILES string of the molecule is O=[N+]([O-])c1cccc2c(NCCC(O)N3CCc4ccccc4C3)nsc12. The van der Waals surface area contributed by atoms with Gasteiger partial charge in [-0.25, -0.2) is 0 Å². The normalized spacial score (nSPS) is 15.4. The molecule has 2 heterocycles. The van der Waals surface area contributed by atoms with Gasteiger partial charge in [0.05, 0.1) is 4.92 Å². The van der Waals surface area contributed by atoms with Gasteiger partial charge in [-0.15, -0.1) is 0 Å². The van der Waals surface area contributed by atoms with Crippen LogP contribution in [0, 0.1) is 10.1 Å². The molecule has 0 spiro atoms. The quantitative estimate of drug-likeness (QED) is 0.500. The summed E-state index contributed by atoms with van der Waals surface area (Å²) in [5.74, 6) is 0.634. The summed E-state index contributed by atoms with van der Waals surface area (Å²) in [5.41, 5.74) is 2.70. The van der Waals surface area contributed by atoms with E-state index >= 15 is 0 Å². The molecule has 0 fully saturated rings. The van der Waals surface area contributed by atoms with E-state index in [1.165, 1.54) is 17.2 Å². The number of fused-ring (bicyclic) bond motifs is 2. The summed E-state index contributed by atoms with van der Waals surface area (Å²) in [6.45, 7) is 2.13. The number of nitrogens with zero attached hydrogens (tertiary/aromatic N) is 3. The highest BCUT2D eigenvalue weighted by molar-refractivity contribution is 7.14. The van der Waals surface area contributed by atoms with Gasteiger partial charge in [-0.3, -0.25) is 15.0 Å². The minimum Gasteiger partial charge on any atom is -0.378 e. The van der Waals surface area contributed by atoms with Gasteiger partial charge in [0.2, 0.25) is 0 Å². The van der Waals surface area contributed by atoms with Gasteiger partial charge in [0.1, 0.15) is 16.7 Å². The lowest BCUT2D eigenvalue weighted by molar-refractivity contribution is -0.382. The number of nitrogens with one attached hydrogen (secondary N) is 1. The van der Waals surface area contributed by atoms with Crippen molar-refractivity contribution in [2.45, 2.75) is 25.6 Å². The molecule has 1 atom stereocenters. The fraction of sp³-hybridized carbons (Fsp3) is 0.316. The first kappa shape index (κ1) is 17.8. The Morgan fingerprint density at radius 3 is 2.89 bits per heavy atom. The molecule has 7 nitrogen and oxygen atoms in total.